The Bertz CT molecular complexity index is 570. The first-order valence-corrected chi connectivity index (χ1v) is 6.01. The fourth-order valence-electron chi connectivity index (χ4n) is 2.38. The van der Waals surface area contributed by atoms with E-state index in [1.807, 2.05) is 49.5 Å². The van der Waals surface area contributed by atoms with Gasteiger partial charge in [0.1, 0.15) is 6.10 Å². The molecule has 94 valence electrons. The molecule has 2 aromatic rings. The van der Waals surface area contributed by atoms with Crippen molar-refractivity contribution in [1.29, 1.82) is 0 Å². The van der Waals surface area contributed by atoms with Gasteiger partial charge in [-0.2, -0.15) is 0 Å². The molecule has 1 N–H and O–H groups in total. The summed E-state index contributed by atoms with van der Waals surface area (Å²) in [6, 6.07) is 10.2. The van der Waals surface area contributed by atoms with Crippen molar-refractivity contribution in [2.75, 3.05) is 14.1 Å². The minimum Gasteiger partial charge on any atom is -0.366 e. The average Bonchev–Trinajstić information content (AvgIpc) is 3.05. The lowest BCUT2D eigenvalue weighted by atomic mass is 10.0. The molecule has 3 rings (SSSR count). The van der Waals surface area contributed by atoms with Gasteiger partial charge in [0.2, 0.25) is 0 Å². The zero-order valence-corrected chi connectivity index (χ0v) is 10.4. The summed E-state index contributed by atoms with van der Waals surface area (Å²) in [5.41, 5.74) is 2.05. The number of fused-ring (bicyclic) bond motifs is 1. The van der Waals surface area contributed by atoms with Crippen LogP contribution in [0.15, 0.2) is 36.5 Å². The standard InChI is InChI=1S/C14H16N2O2/c1-16(2)12(13-14(17)18-13)10-7-9-5-3-4-6-11(9)15-8-10/h3-8,12-14,17H,1-2H3. The van der Waals surface area contributed by atoms with Gasteiger partial charge >= 0.3 is 0 Å². The monoisotopic (exact) mass is 244 g/mol. The van der Waals surface area contributed by atoms with Gasteiger partial charge in [-0.1, -0.05) is 18.2 Å². The van der Waals surface area contributed by atoms with Crippen LogP contribution in [0.2, 0.25) is 0 Å². The first-order valence-electron chi connectivity index (χ1n) is 6.01. The highest BCUT2D eigenvalue weighted by atomic mass is 16.7. The van der Waals surface area contributed by atoms with Crippen molar-refractivity contribution in [3.05, 3.63) is 42.1 Å². The summed E-state index contributed by atoms with van der Waals surface area (Å²) in [6.45, 7) is 0. The number of aliphatic hydroxyl groups excluding tert-OH is 1. The average molecular weight is 244 g/mol. The molecule has 1 aliphatic heterocycles. The first kappa shape index (κ1) is 11.6. The largest absolute Gasteiger partial charge is 0.366 e. The van der Waals surface area contributed by atoms with Crippen molar-refractivity contribution in [2.24, 2.45) is 0 Å². The first-order chi connectivity index (χ1) is 8.66. The molecule has 1 aliphatic rings. The summed E-state index contributed by atoms with van der Waals surface area (Å²) in [6.07, 6.45) is 1.06. The maximum atomic E-state index is 9.45. The van der Waals surface area contributed by atoms with Crippen molar-refractivity contribution in [2.45, 2.75) is 18.4 Å². The highest BCUT2D eigenvalue weighted by molar-refractivity contribution is 5.78. The predicted octanol–water partition coefficient (Wildman–Crippen LogP) is 1.55. The number of hydrogen-bond donors (Lipinski definition) is 1. The van der Waals surface area contributed by atoms with Gasteiger partial charge in [0.15, 0.2) is 6.29 Å². The van der Waals surface area contributed by atoms with Crippen LogP contribution in [0.1, 0.15) is 11.6 Å². The second-order valence-corrected chi connectivity index (χ2v) is 4.86. The van der Waals surface area contributed by atoms with Crippen LogP contribution < -0.4 is 0 Å². The Morgan fingerprint density at radius 1 is 1.33 bits per heavy atom. The molecule has 4 nitrogen and oxygen atoms in total. The van der Waals surface area contributed by atoms with E-state index in [9.17, 15) is 5.11 Å². The lowest BCUT2D eigenvalue weighted by molar-refractivity contribution is 0.154. The molecule has 4 heteroatoms. The lowest BCUT2D eigenvalue weighted by Crippen LogP contribution is -2.26. The van der Waals surface area contributed by atoms with E-state index in [2.05, 4.69) is 11.1 Å². The number of epoxide rings is 1. The summed E-state index contributed by atoms with van der Waals surface area (Å²) in [5, 5.41) is 10.6. The molecular formula is C14H16N2O2. The number of aromatic nitrogens is 1. The smallest absolute Gasteiger partial charge is 0.183 e. The van der Waals surface area contributed by atoms with Gasteiger partial charge < -0.3 is 9.84 Å². The van der Waals surface area contributed by atoms with Crippen LogP contribution in [-0.2, 0) is 4.74 Å². The summed E-state index contributed by atoms with van der Waals surface area (Å²) in [4.78, 5) is 6.50. The van der Waals surface area contributed by atoms with E-state index in [1.54, 1.807) is 0 Å². The number of aliphatic hydroxyl groups is 1. The van der Waals surface area contributed by atoms with E-state index in [0.29, 0.717) is 0 Å². The zero-order chi connectivity index (χ0) is 12.7. The lowest BCUT2D eigenvalue weighted by Gasteiger charge is -2.22. The summed E-state index contributed by atoms with van der Waals surface area (Å²) < 4.78 is 5.19. The number of ether oxygens (including phenoxy) is 1. The van der Waals surface area contributed by atoms with E-state index >= 15 is 0 Å². The van der Waals surface area contributed by atoms with Crippen LogP contribution >= 0.6 is 0 Å². The van der Waals surface area contributed by atoms with Gasteiger partial charge in [-0.15, -0.1) is 0 Å². The molecule has 0 radical (unpaired) electrons. The third-order valence-electron chi connectivity index (χ3n) is 3.32. The number of nitrogens with zero attached hydrogens (tertiary/aromatic N) is 2. The molecule has 18 heavy (non-hydrogen) atoms. The molecule has 3 atom stereocenters. The van der Waals surface area contributed by atoms with Crippen LogP contribution in [0, 0.1) is 0 Å². The molecule has 0 amide bonds. The summed E-state index contributed by atoms with van der Waals surface area (Å²) in [7, 11) is 3.96. The zero-order valence-electron chi connectivity index (χ0n) is 10.4. The highest BCUT2D eigenvalue weighted by Crippen LogP contribution is 2.36. The molecule has 1 aromatic carbocycles. The predicted molar refractivity (Wildman–Crippen MR) is 69.1 cm³/mol. The van der Waals surface area contributed by atoms with Crippen LogP contribution in [0.3, 0.4) is 0 Å². The molecule has 3 unspecified atom stereocenters. The Morgan fingerprint density at radius 3 is 2.72 bits per heavy atom. The van der Waals surface area contributed by atoms with Crippen molar-refractivity contribution in [3.8, 4) is 0 Å². The van der Waals surface area contributed by atoms with Crippen LogP contribution in [0.25, 0.3) is 10.9 Å². The van der Waals surface area contributed by atoms with Crippen LogP contribution in [-0.4, -0.2) is 41.5 Å². The quantitative estimate of drug-likeness (QED) is 0.832. The van der Waals surface area contributed by atoms with Gasteiger partial charge in [-0.05, 0) is 31.8 Å². The summed E-state index contributed by atoms with van der Waals surface area (Å²) >= 11 is 0. The Hall–Kier alpha value is -1.49. The van der Waals surface area contributed by atoms with Crippen LogP contribution in [0.4, 0.5) is 0 Å². The number of likely N-dealkylation sites (N-methyl/N-ethyl adjacent to an activating group) is 1. The third kappa shape index (κ3) is 1.99. The van der Waals surface area contributed by atoms with E-state index in [0.717, 1.165) is 16.5 Å². The van der Waals surface area contributed by atoms with E-state index < -0.39 is 6.29 Å². The van der Waals surface area contributed by atoms with Crippen molar-refractivity contribution in [3.63, 3.8) is 0 Å². The van der Waals surface area contributed by atoms with Crippen molar-refractivity contribution in [1.82, 2.24) is 9.88 Å². The van der Waals surface area contributed by atoms with E-state index in [-0.39, 0.29) is 12.1 Å². The fourth-order valence-corrected chi connectivity index (χ4v) is 2.38. The van der Waals surface area contributed by atoms with Crippen molar-refractivity contribution < 1.29 is 9.84 Å². The number of pyridine rings is 1. The molecule has 1 saturated heterocycles. The van der Waals surface area contributed by atoms with Gasteiger partial charge in [0, 0.05) is 11.6 Å². The second kappa shape index (κ2) is 4.31. The number of para-hydroxylation sites is 1. The SMILES string of the molecule is CN(C)C(c1cnc2ccccc2c1)C1OC1O. The Kier molecular flexibility index (Phi) is 2.78. The summed E-state index contributed by atoms with van der Waals surface area (Å²) in [5.74, 6) is 0. The molecule has 1 aromatic heterocycles. The molecule has 0 spiro atoms. The van der Waals surface area contributed by atoms with E-state index in [4.69, 9.17) is 4.74 Å². The molecule has 2 heterocycles. The minimum atomic E-state index is -0.649. The van der Waals surface area contributed by atoms with Gasteiger partial charge in [-0.25, -0.2) is 0 Å². The molecule has 0 saturated carbocycles. The third-order valence-corrected chi connectivity index (χ3v) is 3.32. The molecule has 0 bridgehead atoms. The highest BCUT2D eigenvalue weighted by Gasteiger charge is 2.45. The van der Waals surface area contributed by atoms with E-state index in [1.165, 1.54) is 0 Å². The minimum absolute atomic E-state index is 0.0390. The topological polar surface area (TPSA) is 48.9 Å². The Morgan fingerprint density at radius 2 is 2.06 bits per heavy atom. The Labute approximate surface area is 106 Å². The Balaban J connectivity index is 2.01. The van der Waals surface area contributed by atoms with Crippen molar-refractivity contribution >= 4 is 10.9 Å². The van der Waals surface area contributed by atoms with Gasteiger partial charge in [-0.3, -0.25) is 9.88 Å². The second-order valence-electron chi connectivity index (χ2n) is 4.86. The molecule has 0 aliphatic carbocycles. The normalized spacial score (nSPS) is 24.4. The van der Waals surface area contributed by atoms with Crippen LogP contribution in [0.5, 0.6) is 0 Å². The number of hydrogen-bond acceptors (Lipinski definition) is 4. The van der Waals surface area contributed by atoms with Gasteiger partial charge in [0.25, 0.3) is 0 Å². The molecule has 1 fully saturated rings. The van der Waals surface area contributed by atoms with Gasteiger partial charge in [0.05, 0.1) is 11.6 Å². The number of benzene rings is 1. The molecular weight excluding hydrogens is 228 g/mol. The fraction of sp³-hybridized carbons (Fsp3) is 0.357. The maximum absolute atomic E-state index is 9.45. The number of rotatable bonds is 3. The maximum Gasteiger partial charge on any atom is 0.183 e.